The Kier molecular flexibility index (Phi) is 6.69. The summed E-state index contributed by atoms with van der Waals surface area (Å²) < 4.78 is 0. The maximum atomic E-state index is 13.5. The number of fused-ring (bicyclic) bond motifs is 1. The number of hydrogen-bond acceptors (Lipinski definition) is 7. The molecule has 1 aromatic heterocycles. The summed E-state index contributed by atoms with van der Waals surface area (Å²) in [6.07, 6.45) is 3.75. The maximum Gasteiger partial charge on any atom is 0.262 e. The number of nitrogens with zero attached hydrogens (tertiary/aromatic N) is 4. The Labute approximate surface area is 230 Å². The van der Waals surface area contributed by atoms with Gasteiger partial charge < -0.3 is 4.90 Å². The van der Waals surface area contributed by atoms with Crippen LogP contribution in [0.2, 0.25) is 0 Å². The normalized spacial score (nSPS) is 20.4. The van der Waals surface area contributed by atoms with E-state index in [1.54, 1.807) is 17.2 Å². The van der Waals surface area contributed by atoms with Gasteiger partial charge in [-0.05, 0) is 41.8 Å². The number of pyridine rings is 1. The quantitative estimate of drug-likeness (QED) is 0.495. The van der Waals surface area contributed by atoms with Crippen LogP contribution in [0.1, 0.15) is 61.1 Å². The van der Waals surface area contributed by atoms with Gasteiger partial charge in [-0.25, -0.2) is 0 Å². The molecule has 2 aromatic carbocycles. The number of imide groups is 2. The first-order valence-electron chi connectivity index (χ1n) is 13.3. The van der Waals surface area contributed by atoms with E-state index in [4.69, 9.17) is 0 Å². The summed E-state index contributed by atoms with van der Waals surface area (Å²) in [4.78, 5) is 72.8. The molecule has 10 nitrogen and oxygen atoms in total. The third-order valence-electron chi connectivity index (χ3n) is 7.77. The molecule has 1 N–H and O–H groups in total. The van der Waals surface area contributed by atoms with Gasteiger partial charge in [-0.1, -0.05) is 36.4 Å². The summed E-state index contributed by atoms with van der Waals surface area (Å²) in [5.41, 5.74) is 2.79. The van der Waals surface area contributed by atoms with Crippen molar-refractivity contribution in [2.45, 2.75) is 24.9 Å². The average molecular weight is 538 g/mol. The smallest absolute Gasteiger partial charge is 0.262 e. The first-order chi connectivity index (χ1) is 19.4. The first kappa shape index (κ1) is 25.6. The van der Waals surface area contributed by atoms with Crippen LogP contribution in [0.15, 0.2) is 73.1 Å². The molecule has 0 saturated carbocycles. The van der Waals surface area contributed by atoms with Crippen LogP contribution in [0.5, 0.6) is 0 Å². The van der Waals surface area contributed by atoms with Crippen molar-refractivity contribution in [2.24, 2.45) is 0 Å². The molecule has 202 valence electrons. The zero-order chi connectivity index (χ0) is 27.8. The molecule has 3 aromatic rings. The summed E-state index contributed by atoms with van der Waals surface area (Å²) in [5.74, 6) is -2.54. The molecule has 2 fully saturated rings. The van der Waals surface area contributed by atoms with Gasteiger partial charge in [-0.15, -0.1) is 0 Å². The molecule has 10 heteroatoms. The van der Waals surface area contributed by atoms with Gasteiger partial charge >= 0.3 is 0 Å². The van der Waals surface area contributed by atoms with Gasteiger partial charge in [0.05, 0.1) is 17.2 Å². The van der Waals surface area contributed by atoms with Crippen LogP contribution in [0.25, 0.3) is 0 Å². The Hall–Kier alpha value is -4.70. The molecule has 6 rings (SSSR count). The van der Waals surface area contributed by atoms with Crippen LogP contribution in [0.4, 0.5) is 0 Å². The third-order valence-corrected chi connectivity index (χ3v) is 7.77. The molecule has 2 atom stereocenters. The SMILES string of the molecule is O=C1CCC(N2C(=O)c3ccc(C(=O)N4CCN(C(c5ccccc5)c5cccnc5)CC4)cc3C2=O)C(=O)N1. The van der Waals surface area contributed by atoms with Crippen LogP contribution in [0, 0.1) is 0 Å². The molecule has 40 heavy (non-hydrogen) atoms. The van der Waals surface area contributed by atoms with Gasteiger partial charge in [0.15, 0.2) is 0 Å². The summed E-state index contributed by atoms with van der Waals surface area (Å²) >= 11 is 0. The molecule has 0 spiro atoms. The van der Waals surface area contributed by atoms with Crippen LogP contribution < -0.4 is 5.32 Å². The number of carbonyl (C=O) groups is 5. The lowest BCUT2D eigenvalue weighted by Gasteiger charge is -2.39. The summed E-state index contributed by atoms with van der Waals surface area (Å²) in [6.45, 7) is 2.28. The van der Waals surface area contributed by atoms with Crippen molar-refractivity contribution >= 4 is 29.5 Å². The highest BCUT2D eigenvalue weighted by molar-refractivity contribution is 6.24. The largest absolute Gasteiger partial charge is 0.336 e. The van der Waals surface area contributed by atoms with E-state index < -0.39 is 29.7 Å². The molecule has 4 heterocycles. The fourth-order valence-electron chi connectivity index (χ4n) is 5.76. The van der Waals surface area contributed by atoms with E-state index in [2.05, 4.69) is 33.4 Å². The predicted molar refractivity (Wildman–Crippen MR) is 143 cm³/mol. The van der Waals surface area contributed by atoms with E-state index in [1.807, 2.05) is 30.5 Å². The molecule has 3 aliphatic heterocycles. The number of nitrogens with one attached hydrogen (secondary N) is 1. The van der Waals surface area contributed by atoms with Crippen LogP contribution in [-0.4, -0.2) is 81.4 Å². The number of amides is 5. The van der Waals surface area contributed by atoms with Crippen LogP contribution >= 0.6 is 0 Å². The molecule has 3 aliphatic rings. The molecular formula is C30H27N5O5. The molecule has 0 bridgehead atoms. The minimum Gasteiger partial charge on any atom is -0.336 e. The summed E-state index contributed by atoms with van der Waals surface area (Å²) in [6, 6.07) is 17.6. The Balaban J connectivity index is 1.17. The molecule has 2 unspecified atom stereocenters. The fourth-order valence-corrected chi connectivity index (χ4v) is 5.76. The van der Waals surface area contributed by atoms with Crippen molar-refractivity contribution in [2.75, 3.05) is 26.2 Å². The van der Waals surface area contributed by atoms with Gasteiger partial charge in [0, 0.05) is 50.6 Å². The van der Waals surface area contributed by atoms with E-state index >= 15 is 0 Å². The van der Waals surface area contributed by atoms with E-state index in [0.717, 1.165) is 16.0 Å². The topological polar surface area (TPSA) is 120 Å². The van der Waals surface area contributed by atoms with E-state index in [-0.39, 0.29) is 35.9 Å². The van der Waals surface area contributed by atoms with Crippen molar-refractivity contribution in [3.63, 3.8) is 0 Å². The number of hydrogen-bond donors (Lipinski definition) is 1. The lowest BCUT2D eigenvalue weighted by molar-refractivity contribution is -0.136. The lowest BCUT2D eigenvalue weighted by Crippen LogP contribution is -2.54. The Bertz CT molecular complexity index is 1460. The zero-order valence-corrected chi connectivity index (χ0v) is 21.7. The van der Waals surface area contributed by atoms with Crippen molar-refractivity contribution in [3.05, 3.63) is 101 Å². The molecule has 0 radical (unpaired) electrons. The van der Waals surface area contributed by atoms with Gasteiger partial charge in [0.1, 0.15) is 6.04 Å². The number of piperidine rings is 1. The van der Waals surface area contributed by atoms with Crippen LogP contribution in [-0.2, 0) is 9.59 Å². The van der Waals surface area contributed by atoms with Gasteiger partial charge in [-0.2, -0.15) is 0 Å². The molecule has 5 amide bonds. The average Bonchev–Trinajstić information content (AvgIpc) is 3.23. The Morgan fingerprint density at radius 3 is 2.27 bits per heavy atom. The summed E-state index contributed by atoms with van der Waals surface area (Å²) in [7, 11) is 0. The number of rotatable bonds is 5. The first-order valence-corrected chi connectivity index (χ1v) is 13.3. The number of aromatic nitrogens is 1. The van der Waals surface area contributed by atoms with E-state index in [1.165, 1.54) is 12.1 Å². The molecule has 2 saturated heterocycles. The highest BCUT2D eigenvalue weighted by atomic mass is 16.2. The van der Waals surface area contributed by atoms with Crippen LogP contribution in [0.3, 0.4) is 0 Å². The summed E-state index contributed by atoms with van der Waals surface area (Å²) in [5, 5.41) is 2.19. The maximum absolute atomic E-state index is 13.5. The zero-order valence-electron chi connectivity index (χ0n) is 21.7. The number of piperazine rings is 1. The van der Waals surface area contributed by atoms with Crippen molar-refractivity contribution in [3.8, 4) is 0 Å². The van der Waals surface area contributed by atoms with Gasteiger partial charge in [0.2, 0.25) is 11.8 Å². The predicted octanol–water partition coefficient (Wildman–Crippen LogP) is 2.03. The lowest BCUT2D eigenvalue weighted by atomic mass is 9.97. The fraction of sp³-hybridized carbons (Fsp3) is 0.267. The van der Waals surface area contributed by atoms with Crippen molar-refractivity contribution in [1.29, 1.82) is 0 Å². The second kappa shape index (κ2) is 10.5. The number of carbonyl (C=O) groups excluding carboxylic acids is 5. The van der Waals surface area contributed by atoms with E-state index in [9.17, 15) is 24.0 Å². The monoisotopic (exact) mass is 537 g/mol. The highest BCUT2D eigenvalue weighted by Gasteiger charge is 2.45. The second-order valence-electron chi connectivity index (χ2n) is 10.1. The molecular weight excluding hydrogens is 510 g/mol. The second-order valence-corrected chi connectivity index (χ2v) is 10.1. The van der Waals surface area contributed by atoms with Crippen molar-refractivity contribution < 1.29 is 24.0 Å². The highest BCUT2D eigenvalue weighted by Crippen LogP contribution is 2.31. The van der Waals surface area contributed by atoms with Crippen molar-refractivity contribution in [1.82, 2.24) is 25.0 Å². The third kappa shape index (κ3) is 4.56. The van der Waals surface area contributed by atoms with E-state index in [0.29, 0.717) is 31.7 Å². The molecule has 0 aliphatic carbocycles. The minimum atomic E-state index is -1.05. The Morgan fingerprint density at radius 1 is 0.850 bits per heavy atom. The standard InChI is InChI=1S/C30H27N5O5/c36-25-11-10-24(27(37)32-25)35-29(39)22-9-8-20(17-23(22)30(35)40)28(38)34-15-13-33(14-16-34)26(19-5-2-1-3-6-19)21-7-4-12-31-18-21/h1-9,12,17-18,24,26H,10-11,13-16H2,(H,32,36,37). The minimum absolute atomic E-state index is 0.00837. The van der Waals surface area contributed by atoms with Gasteiger partial charge in [-0.3, -0.25) is 44.1 Å². The number of benzene rings is 2. The van der Waals surface area contributed by atoms with Gasteiger partial charge in [0.25, 0.3) is 17.7 Å². The Morgan fingerprint density at radius 2 is 1.57 bits per heavy atom.